The summed E-state index contributed by atoms with van der Waals surface area (Å²) in [6.45, 7) is 4.32. The molecule has 108 valence electrons. The Morgan fingerprint density at radius 1 is 1.50 bits per heavy atom. The smallest absolute Gasteiger partial charge is 0.251 e. The highest BCUT2D eigenvalue weighted by atomic mass is 32.2. The minimum atomic E-state index is -0.0280. The summed E-state index contributed by atoms with van der Waals surface area (Å²) in [5.74, 6) is 6.72. The van der Waals surface area contributed by atoms with Crippen LogP contribution in [0.15, 0.2) is 18.2 Å². The Balaban J connectivity index is 2.93. The topological polar surface area (TPSA) is 55.1 Å². The maximum atomic E-state index is 12.3. The molecule has 3 nitrogen and oxygen atoms in total. The van der Waals surface area contributed by atoms with Crippen molar-refractivity contribution < 1.29 is 4.79 Å². The molecule has 1 rings (SSSR count). The third kappa shape index (κ3) is 4.59. The van der Waals surface area contributed by atoms with E-state index in [-0.39, 0.29) is 11.9 Å². The van der Waals surface area contributed by atoms with Gasteiger partial charge in [0.25, 0.3) is 5.91 Å². The quantitative estimate of drug-likeness (QED) is 0.817. The molecule has 1 amide bonds. The zero-order valence-electron chi connectivity index (χ0n) is 12.3. The van der Waals surface area contributed by atoms with Crippen molar-refractivity contribution >= 4 is 17.7 Å². The molecule has 0 bridgehead atoms. The maximum absolute atomic E-state index is 12.3. The third-order valence-electron chi connectivity index (χ3n) is 3.10. The van der Waals surface area contributed by atoms with E-state index in [0.29, 0.717) is 12.1 Å². The summed E-state index contributed by atoms with van der Waals surface area (Å²) >= 11 is 1.74. The van der Waals surface area contributed by atoms with Crippen LogP contribution in [0.1, 0.15) is 34.8 Å². The number of carbonyl (C=O) groups excluding carboxylic acids is 1. The molecule has 0 aliphatic rings. The first-order valence-corrected chi connectivity index (χ1v) is 8.11. The van der Waals surface area contributed by atoms with Crippen LogP contribution in [-0.4, -0.2) is 30.5 Å². The monoisotopic (exact) mass is 290 g/mol. The lowest BCUT2D eigenvalue weighted by molar-refractivity contribution is 0.0939. The molecule has 1 aromatic carbocycles. The SMILES string of the molecule is CCC(CSC)NC(=O)c1cccc(C#CCN)c1C. The predicted octanol–water partition coefficient (Wildman–Crippen LogP) is 2.18. The van der Waals surface area contributed by atoms with E-state index in [4.69, 9.17) is 5.73 Å². The van der Waals surface area contributed by atoms with E-state index in [1.807, 2.05) is 31.4 Å². The molecule has 0 saturated heterocycles. The molecule has 3 N–H and O–H groups in total. The van der Waals surface area contributed by atoms with Gasteiger partial charge < -0.3 is 11.1 Å². The fourth-order valence-electron chi connectivity index (χ4n) is 1.89. The minimum absolute atomic E-state index is 0.0280. The Kier molecular flexibility index (Phi) is 7.21. The van der Waals surface area contributed by atoms with Crippen molar-refractivity contribution in [3.8, 4) is 11.8 Å². The van der Waals surface area contributed by atoms with Gasteiger partial charge in [0, 0.05) is 22.9 Å². The first-order chi connectivity index (χ1) is 9.63. The molecule has 0 aliphatic carbocycles. The largest absolute Gasteiger partial charge is 0.348 e. The second kappa shape index (κ2) is 8.68. The number of amides is 1. The van der Waals surface area contributed by atoms with Crippen molar-refractivity contribution in [2.75, 3.05) is 18.6 Å². The molecule has 0 radical (unpaired) electrons. The number of hydrogen-bond acceptors (Lipinski definition) is 3. The van der Waals surface area contributed by atoms with Crippen LogP contribution in [0.2, 0.25) is 0 Å². The van der Waals surface area contributed by atoms with Crippen molar-refractivity contribution in [3.63, 3.8) is 0 Å². The lowest BCUT2D eigenvalue weighted by Crippen LogP contribution is -2.36. The van der Waals surface area contributed by atoms with E-state index in [0.717, 1.165) is 23.3 Å². The summed E-state index contributed by atoms with van der Waals surface area (Å²) in [5, 5.41) is 3.08. The van der Waals surface area contributed by atoms with Crippen LogP contribution in [0.5, 0.6) is 0 Å². The average molecular weight is 290 g/mol. The van der Waals surface area contributed by atoms with Gasteiger partial charge in [0.2, 0.25) is 0 Å². The van der Waals surface area contributed by atoms with Crippen LogP contribution in [0.3, 0.4) is 0 Å². The van der Waals surface area contributed by atoms with E-state index < -0.39 is 0 Å². The third-order valence-corrected chi connectivity index (χ3v) is 3.84. The van der Waals surface area contributed by atoms with Gasteiger partial charge in [0.15, 0.2) is 0 Å². The van der Waals surface area contributed by atoms with Crippen LogP contribution in [0, 0.1) is 18.8 Å². The molecule has 0 heterocycles. The standard InChI is InChI=1S/C16H22N2OS/c1-4-14(11-20-3)18-16(19)15-9-5-7-13(12(15)2)8-6-10-17/h5,7,9,14H,4,10-11,17H2,1-3H3,(H,18,19). The number of hydrogen-bond donors (Lipinski definition) is 2. The Morgan fingerprint density at radius 2 is 2.25 bits per heavy atom. The maximum Gasteiger partial charge on any atom is 0.251 e. The number of benzene rings is 1. The Labute approximate surface area is 125 Å². The van der Waals surface area contributed by atoms with Crippen LogP contribution >= 0.6 is 11.8 Å². The van der Waals surface area contributed by atoms with E-state index in [1.54, 1.807) is 11.8 Å². The van der Waals surface area contributed by atoms with E-state index in [1.165, 1.54) is 0 Å². The molecule has 0 fully saturated rings. The Bertz CT molecular complexity index is 517. The number of rotatable bonds is 5. The minimum Gasteiger partial charge on any atom is -0.348 e. The van der Waals surface area contributed by atoms with Crippen molar-refractivity contribution in [1.29, 1.82) is 0 Å². The first-order valence-electron chi connectivity index (χ1n) is 6.72. The fraction of sp³-hybridized carbons (Fsp3) is 0.438. The molecule has 0 aromatic heterocycles. The second-order valence-corrected chi connectivity index (χ2v) is 5.43. The molecule has 1 aromatic rings. The van der Waals surface area contributed by atoms with Gasteiger partial charge in [-0.2, -0.15) is 11.8 Å². The number of thioether (sulfide) groups is 1. The summed E-state index contributed by atoms with van der Waals surface area (Å²) in [5.41, 5.74) is 7.84. The summed E-state index contributed by atoms with van der Waals surface area (Å²) in [4.78, 5) is 12.3. The normalized spacial score (nSPS) is 11.4. The zero-order valence-corrected chi connectivity index (χ0v) is 13.1. The van der Waals surface area contributed by atoms with Crippen LogP contribution in [-0.2, 0) is 0 Å². The number of nitrogens with one attached hydrogen (secondary N) is 1. The van der Waals surface area contributed by atoms with Gasteiger partial charge in [0.05, 0.1) is 6.54 Å². The molecular formula is C16H22N2OS. The highest BCUT2D eigenvalue weighted by Gasteiger charge is 2.14. The summed E-state index contributed by atoms with van der Waals surface area (Å²) in [6.07, 6.45) is 2.97. The van der Waals surface area contributed by atoms with Crippen molar-refractivity contribution in [1.82, 2.24) is 5.32 Å². The highest BCUT2D eigenvalue weighted by molar-refractivity contribution is 7.98. The molecular weight excluding hydrogens is 268 g/mol. The molecule has 0 saturated carbocycles. The second-order valence-electron chi connectivity index (χ2n) is 4.52. The van der Waals surface area contributed by atoms with Crippen LogP contribution < -0.4 is 11.1 Å². The molecule has 20 heavy (non-hydrogen) atoms. The summed E-state index contributed by atoms with van der Waals surface area (Å²) in [6, 6.07) is 5.81. The Hall–Kier alpha value is -1.44. The van der Waals surface area contributed by atoms with Gasteiger partial charge in [-0.3, -0.25) is 4.79 Å². The van der Waals surface area contributed by atoms with Gasteiger partial charge in [-0.25, -0.2) is 0 Å². The van der Waals surface area contributed by atoms with E-state index >= 15 is 0 Å². The molecule has 0 aliphatic heterocycles. The number of nitrogens with two attached hydrogens (primary N) is 1. The van der Waals surface area contributed by atoms with Gasteiger partial charge >= 0.3 is 0 Å². The van der Waals surface area contributed by atoms with Crippen LogP contribution in [0.25, 0.3) is 0 Å². The molecule has 1 atom stereocenters. The van der Waals surface area contributed by atoms with Gasteiger partial charge in [-0.15, -0.1) is 0 Å². The molecule has 0 spiro atoms. The van der Waals surface area contributed by atoms with E-state index in [2.05, 4.69) is 24.1 Å². The lowest BCUT2D eigenvalue weighted by atomic mass is 10.0. The van der Waals surface area contributed by atoms with Crippen molar-refractivity contribution in [3.05, 3.63) is 34.9 Å². The number of carbonyl (C=O) groups is 1. The van der Waals surface area contributed by atoms with E-state index in [9.17, 15) is 4.79 Å². The van der Waals surface area contributed by atoms with Crippen molar-refractivity contribution in [2.45, 2.75) is 26.3 Å². The average Bonchev–Trinajstić information content (AvgIpc) is 2.45. The Morgan fingerprint density at radius 3 is 2.85 bits per heavy atom. The van der Waals surface area contributed by atoms with Crippen LogP contribution in [0.4, 0.5) is 0 Å². The molecule has 4 heteroatoms. The van der Waals surface area contributed by atoms with Gasteiger partial charge in [-0.05, 0) is 37.3 Å². The van der Waals surface area contributed by atoms with Gasteiger partial charge in [-0.1, -0.05) is 24.8 Å². The fourth-order valence-corrected chi connectivity index (χ4v) is 2.61. The summed E-state index contributed by atoms with van der Waals surface area (Å²) < 4.78 is 0. The predicted molar refractivity (Wildman–Crippen MR) is 87.0 cm³/mol. The van der Waals surface area contributed by atoms with Gasteiger partial charge in [0.1, 0.15) is 0 Å². The zero-order chi connectivity index (χ0) is 15.0. The first kappa shape index (κ1) is 16.6. The van der Waals surface area contributed by atoms with Crippen molar-refractivity contribution in [2.24, 2.45) is 5.73 Å². The lowest BCUT2D eigenvalue weighted by Gasteiger charge is -2.17. The molecule has 1 unspecified atom stereocenters. The summed E-state index contributed by atoms with van der Waals surface area (Å²) in [7, 11) is 0. The highest BCUT2D eigenvalue weighted by Crippen LogP contribution is 2.13.